The maximum Gasteiger partial charge on any atom is 0.163 e. The van der Waals surface area contributed by atoms with Crippen molar-refractivity contribution in [1.82, 2.24) is 14.9 Å². The number of nitrogens with two attached hydrogens (primary N) is 1. The van der Waals surface area contributed by atoms with Gasteiger partial charge in [-0.3, -0.25) is 4.90 Å². The number of aromatic nitrogens is 2. The summed E-state index contributed by atoms with van der Waals surface area (Å²) < 4.78 is 11.4. The second kappa shape index (κ2) is 14.2. The lowest BCUT2D eigenvalue weighted by Crippen LogP contribution is -2.46. The smallest absolute Gasteiger partial charge is 0.163 e. The van der Waals surface area contributed by atoms with E-state index in [2.05, 4.69) is 50.2 Å². The summed E-state index contributed by atoms with van der Waals surface area (Å²) in [5, 5.41) is 20.6. The SMILES string of the molecule is N#Cc1cccc2[nH]cc(CCCN)c12.N#Cc1cccc2[nH]cc(CCCN3CCN(c4ccc5c(c4)OCCO5)CC3)c12. The Morgan fingerprint density at radius 1 is 0.733 bits per heavy atom. The van der Waals surface area contributed by atoms with E-state index < -0.39 is 0 Å². The van der Waals surface area contributed by atoms with E-state index >= 15 is 0 Å². The molecule has 9 heteroatoms. The molecular formula is C36H39N7O2. The monoisotopic (exact) mass is 601 g/mol. The largest absolute Gasteiger partial charge is 0.486 e. The number of H-pyrrole nitrogens is 2. The maximum atomic E-state index is 9.40. The summed E-state index contributed by atoms with van der Waals surface area (Å²) in [6.45, 7) is 7.17. The van der Waals surface area contributed by atoms with E-state index in [1.165, 1.54) is 16.8 Å². The van der Waals surface area contributed by atoms with Crippen LogP contribution in [-0.2, 0) is 12.8 Å². The van der Waals surface area contributed by atoms with Crippen molar-refractivity contribution in [3.63, 3.8) is 0 Å². The summed E-state index contributed by atoms with van der Waals surface area (Å²) in [4.78, 5) is 11.4. The topological polar surface area (TPSA) is 130 Å². The average molecular weight is 602 g/mol. The zero-order chi connectivity index (χ0) is 31.0. The van der Waals surface area contributed by atoms with E-state index in [4.69, 9.17) is 20.5 Å². The molecule has 4 heterocycles. The molecule has 0 bridgehead atoms. The van der Waals surface area contributed by atoms with Crippen LogP contribution in [0.4, 0.5) is 5.69 Å². The van der Waals surface area contributed by atoms with Gasteiger partial charge in [-0.15, -0.1) is 0 Å². The summed E-state index contributed by atoms with van der Waals surface area (Å²) in [6.07, 6.45) is 7.99. The van der Waals surface area contributed by atoms with Crippen molar-refractivity contribution in [3.05, 3.63) is 89.2 Å². The second-order valence-corrected chi connectivity index (χ2v) is 11.5. The molecule has 4 N–H and O–H groups in total. The molecule has 0 radical (unpaired) electrons. The van der Waals surface area contributed by atoms with Gasteiger partial charge in [-0.05, 0) is 86.3 Å². The van der Waals surface area contributed by atoms with Crippen LogP contribution >= 0.6 is 0 Å². The lowest BCUT2D eigenvalue weighted by atomic mass is 10.0. The standard InChI is InChI=1S/C24H26N4O2.C12H13N3/c25-16-18-3-1-5-21-24(18)19(17-26-21)4-2-8-27-9-11-28(12-10-27)20-6-7-22-23(15-20)30-14-13-29-22;13-6-2-4-10-8-15-11-5-1-3-9(7-14)12(10)11/h1,3,5-7,15,17,26H,2,4,8-14H2;1,3,5,8,15H,2,4,6,13H2. The number of nitrogens with zero attached hydrogens (tertiary/aromatic N) is 4. The van der Waals surface area contributed by atoms with Gasteiger partial charge in [-0.25, -0.2) is 0 Å². The Kier molecular flexibility index (Phi) is 9.50. The highest BCUT2D eigenvalue weighted by Crippen LogP contribution is 2.34. The molecule has 2 aliphatic heterocycles. The van der Waals surface area contributed by atoms with Gasteiger partial charge in [0.05, 0.1) is 23.3 Å². The number of anilines is 1. The molecule has 5 aromatic rings. The van der Waals surface area contributed by atoms with Gasteiger partial charge in [0, 0.05) is 72.1 Å². The molecule has 3 aromatic carbocycles. The van der Waals surface area contributed by atoms with Crippen molar-refractivity contribution < 1.29 is 9.47 Å². The van der Waals surface area contributed by atoms with Gasteiger partial charge >= 0.3 is 0 Å². The average Bonchev–Trinajstić information content (AvgIpc) is 3.72. The number of nitrogens with one attached hydrogen (secondary N) is 2. The van der Waals surface area contributed by atoms with Crippen LogP contribution in [0.15, 0.2) is 67.0 Å². The fourth-order valence-corrected chi connectivity index (χ4v) is 6.34. The van der Waals surface area contributed by atoms with Crippen LogP contribution in [0, 0.1) is 22.7 Å². The third-order valence-electron chi connectivity index (χ3n) is 8.65. The number of benzene rings is 3. The second-order valence-electron chi connectivity index (χ2n) is 11.5. The lowest BCUT2D eigenvalue weighted by molar-refractivity contribution is 0.171. The summed E-state index contributed by atoms with van der Waals surface area (Å²) in [6, 6.07) is 22.4. The van der Waals surface area contributed by atoms with Crippen molar-refractivity contribution in [2.75, 3.05) is 57.4 Å². The van der Waals surface area contributed by atoms with Crippen molar-refractivity contribution in [2.45, 2.75) is 25.7 Å². The number of fused-ring (bicyclic) bond motifs is 3. The first-order chi connectivity index (χ1) is 22.2. The van der Waals surface area contributed by atoms with Gasteiger partial charge in [0.25, 0.3) is 0 Å². The lowest BCUT2D eigenvalue weighted by Gasteiger charge is -2.36. The number of hydrogen-bond acceptors (Lipinski definition) is 7. The van der Waals surface area contributed by atoms with Crippen LogP contribution in [0.1, 0.15) is 35.1 Å². The van der Waals surface area contributed by atoms with Gasteiger partial charge in [-0.2, -0.15) is 10.5 Å². The third kappa shape index (κ3) is 6.76. The van der Waals surface area contributed by atoms with Crippen molar-refractivity contribution >= 4 is 27.5 Å². The predicted octanol–water partition coefficient (Wildman–Crippen LogP) is 5.50. The maximum absolute atomic E-state index is 9.40. The van der Waals surface area contributed by atoms with Gasteiger partial charge in [0.2, 0.25) is 0 Å². The molecule has 0 aliphatic carbocycles. The van der Waals surface area contributed by atoms with E-state index in [-0.39, 0.29) is 0 Å². The number of aryl methyl sites for hydroxylation is 2. The molecule has 2 aliphatic rings. The van der Waals surface area contributed by atoms with Crippen LogP contribution in [0.3, 0.4) is 0 Å². The molecule has 230 valence electrons. The molecule has 0 unspecified atom stereocenters. The fourth-order valence-electron chi connectivity index (χ4n) is 6.34. The quantitative estimate of drug-likeness (QED) is 0.214. The Morgan fingerprint density at radius 3 is 1.93 bits per heavy atom. The van der Waals surface area contributed by atoms with Crippen LogP contribution in [0.5, 0.6) is 11.5 Å². The molecule has 0 amide bonds. The first kappa shape index (κ1) is 30.1. The van der Waals surface area contributed by atoms with Gasteiger partial charge in [-0.1, -0.05) is 12.1 Å². The number of ether oxygens (including phenoxy) is 2. The summed E-state index contributed by atoms with van der Waals surface area (Å²) >= 11 is 0. The van der Waals surface area contributed by atoms with E-state index in [1.807, 2.05) is 48.7 Å². The minimum atomic E-state index is 0.622. The van der Waals surface area contributed by atoms with Crippen LogP contribution in [0.2, 0.25) is 0 Å². The van der Waals surface area contributed by atoms with Gasteiger partial charge in [0.1, 0.15) is 13.2 Å². The minimum Gasteiger partial charge on any atom is -0.486 e. The molecule has 0 saturated carbocycles. The summed E-state index contributed by atoms with van der Waals surface area (Å²) in [5.41, 5.74) is 12.7. The normalized spacial score (nSPS) is 14.5. The number of aromatic amines is 2. The molecule has 0 spiro atoms. The van der Waals surface area contributed by atoms with Crippen molar-refractivity contribution in [3.8, 4) is 23.6 Å². The van der Waals surface area contributed by atoms with Crippen LogP contribution in [-0.4, -0.2) is 67.4 Å². The summed E-state index contributed by atoms with van der Waals surface area (Å²) in [7, 11) is 0. The molecule has 1 fully saturated rings. The Morgan fingerprint density at radius 2 is 1.33 bits per heavy atom. The predicted molar refractivity (Wildman–Crippen MR) is 178 cm³/mol. The Hall–Kier alpha value is -4.96. The highest BCUT2D eigenvalue weighted by molar-refractivity contribution is 5.89. The van der Waals surface area contributed by atoms with Gasteiger partial charge in [0.15, 0.2) is 11.5 Å². The first-order valence-corrected chi connectivity index (χ1v) is 15.7. The van der Waals surface area contributed by atoms with E-state index in [9.17, 15) is 5.26 Å². The number of piperazine rings is 1. The van der Waals surface area contributed by atoms with Gasteiger partial charge < -0.3 is 30.1 Å². The molecular weight excluding hydrogens is 562 g/mol. The molecule has 45 heavy (non-hydrogen) atoms. The molecule has 0 atom stereocenters. The van der Waals surface area contributed by atoms with Crippen molar-refractivity contribution in [1.29, 1.82) is 10.5 Å². The third-order valence-corrected chi connectivity index (χ3v) is 8.65. The van der Waals surface area contributed by atoms with Crippen molar-refractivity contribution in [2.24, 2.45) is 5.73 Å². The van der Waals surface area contributed by atoms with E-state index in [1.54, 1.807) is 0 Å². The number of hydrogen-bond donors (Lipinski definition) is 3. The Balaban J connectivity index is 0.000000200. The number of rotatable bonds is 8. The Bertz CT molecular complexity index is 1840. The number of nitriles is 2. The molecule has 9 nitrogen and oxygen atoms in total. The first-order valence-electron chi connectivity index (χ1n) is 15.7. The van der Waals surface area contributed by atoms with Crippen LogP contribution in [0.25, 0.3) is 21.8 Å². The minimum absolute atomic E-state index is 0.622. The van der Waals surface area contributed by atoms with E-state index in [0.717, 1.165) is 103 Å². The zero-order valence-corrected chi connectivity index (χ0v) is 25.5. The van der Waals surface area contributed by atoms with Crippen LogP contribution < -0.4 is 20.1 Å². The molecule has 2 aromatic heterocycles. The highest BCUT2D eigenvalue weighted by atomic mass is 16.6. The highest BCUT2D eigenvalue weighted by Gasteiger charge is 2.20. The fraction of sp³-hybridized carbons (Fsp3) is 0.333. The summed E-state index contributed by atoms with van der Waals surface area (Å²) in [5.74, 6) is 1.71. The Labute approximate surface area is 263 Å². The molecule has 7 rings (SSSR count). The zero-order valence-electron chi connectivity index (χ0n) is 25.5. The van der Waals surface area contributed by atoms with E-state index in [0.29, 0.717) is 19.8 Å². The molecule has 1 saturated heterocycles.